The Bertz CT molecular complexity index is 2120. The second-order valence-electron chi connectivity index (χ2n) is 13.2. The molecule has 2 N–H and O–H groups in total. The van der Waals surface area contributed by atoms with Gasteiger partial charge in [0.05, 0.1) is 40.7 Å². The SMILES string of the molecule is CCCCOP(=O)(OCCCC)OCCNS(=O)(=O)c1ccc2c3c(cc([N+](=O)[O-])c2c1)N(C(=O)c1cc2cc(OCCN(C)C)ccc2[nH]1)CC3CCl. The van der Waals surface area contributed by atoms with Crippen molar-refractivity contribution in [1.82, 2.24) is 14.6 Å². The first-order chi connectivity index (χ1) is 25.8. The van der Waals surface area contributed by atoms with E-state index in [0.29, 0.717) is 41.8 Å². The van der Waals surface area contributed by atoms with Crippen LogP contribution in [0.1, 0.15) is 61.5 Å². The minimum Gasteiger partial charge on any atom is -0.492 e. The molecule has 4 aromatic rings. The first-order valence-electron chi connectivity index (χ1n) is 17.9. The van der Waals surface area contributed by atoms with Gasteiger partial charge in [-0.2, -0.15) is 0 Å². The van der Waals surface area contributed by atoms with Crippen molar-refractivity contribution in [2.75, 3.05) is 70.9 Å². The molecule has 18 heteroatoms. The second-order valence-corrected chi connectivity index (χ2v) is 16.9. The number of halogens is 1. The third-order valence-electron chi connectivity index (χ3n) is 8.91. The second kappa shape index (κ2) is 18.4. The largest absolute Gasteiger partial charge is 0.492 e. The zero-order valence-corrected chi connectivity index (χ0v) is 33.3. The monoisotopic (exact) mass is 807 g/mol. The Balaban J connectivity index is 1.38. The quantitative estimate of drug-likeness (QED) is 0.0286. The number of hydrogen-bond acceptors (Lipinski definition) is 11. The molecule has 3 aromatic carbocycles. The maximum Gasteiger partial charge on any atom is 0.474 e. The Labute approximate surface area is 320 Å². The van der Waals surface area contributed by atoms with Gasteiger partial charge in [0.2, 0.25) is 10.0 Å². The highest BCUT2D eigenvalue weighted by atomic mass is 35.5. The van der Waals surface area contributed by atoms with Crippen LogP contribution in [0.5, 0.6) is 5.75 Å². The molecule has 0 radical (unpaired) electrons. The van der Waals surface area contributed by atoms with Crippen LogP contribution < -0.4 is 14.4 Å². The van der Waals surface area contributed by atoms with Crippen molar-refractivity contribution in [2.45, 2.75) is 50.3 Å². The number of amides is 1. The Morgan fingerprint density at radius 3 is 2.37 bits per heavy atom. The van der Waals surface area contributed by atoms with E-state index in [9.17, 15) is 27.9 Å². The van der Waals surface area contributed by atoms with E-state index in [1.165, 1.54) is 29.2 Å². The first-order valence-corrected chi connectivity index (χ1v) is 21.3. The van der Waals surface area contributed by atoms with Crippen LogP contribution in [-0.4, -0.2) is 95.2 Å². The number of fused-ring (bicyclic) bond motifs is 4. The predicted octanol–water partition coefficient (Wildman–Crippen LogP) is 7.19. The van der Waals surface area contributed by atoms with Gasteiger partial charge in [0, 0.05) is 48.4 Å². The van der Waals surface area contributed by atoms with Gasteiger partial charge in [0.1, 0.15) is 18.1 Å². The number of nitrogens with one attached hydrogen (secondary N) is 2. The fourth-order valence-electron chi connectivity index (χ4n) is 6.07. The summed E-state index contributed by atoms with van der Waals surface area (Å²) in [6.45, 7) is 5.07. The van der Waals surface area contributed by atoms with Crippen molar-refractivity contribution >= 4 is 68.4 Å². The first kappa shape index (κ1) is 41.6. The minimum absolute atomic E-state index is 0.0767. The van der Waals surface area contributed by atoms with E-state index in [-0.39, 0.29) is 66.4 Å². The number of unbranched alkanes of at least 4 members (excludes halogenated alkanes) is 2. The van der Waals surface area contributed by atoms with Gasteiger partial charge < -0.3 is 19.5 Å². The lowest BCUT2D eigenvalue weighted by molar-refractivity contribution is -0.383. The third kappa shape index (κ3) is 9.79. The summed E-state index contributed by atoms with van der Waals surface area (Å²) in [5, 5.41) is 13.7. The lowest BCUT2D eigenvalue weighted by atomic mass is 9.95. The van der Waals surface area contributed by atoms with Crippen LogP contribution in [0.15, 0.2) is 53.4 Å². The highest BCUT2D eigenvalue weighted by molar-refractivity contribution is 7.89. The number of alkyl halides is 1. The molecule has 0 aliphatic carbocycles. The van der Waals surface area contributed by atoms with Crippen LogP contribution in [-0.2, 0) is 28.2 Å². The van der Waals surface area contributed by atoms with Gasteiger partial charge in [-0.1, -0.05) is 32.8 Å². The molecule has 0 saturated carbocycles. The summed E-state index contributed by atoms with van der Waals surface area (Å²) in [6.07, 6.45) is 2.91. The lowest BCUT2D eigenvalue weighted by Crippen LogP contribution is -2.30. The van der Waals surface area contributed by atoms with E-state index in [1.54, 1.807) is 6.07 Å². The average Bonchev–Trinajstić information content (AvgIpc) is 3.74. The molecule has 0 bridgehead atoms. The fraction of sp³-hybridized carbons (Fsp3) is 0.472. The van der Waals surface area contributed by atoms with E-state index >= 15 is 0 Å². The molecule has 0 saturated heterocycles. The van der Waals surface area contributed by atoms with Crippen molar-refractivity contribution in [1.29, 1.82) is 0 Å². The van der Waals surface area contributed by atoms with Crippen molar-refractivity contribution in [3.63, 3.8) is 0 Å². The van der Waals surface area contributed by atoms with Crippen molar-refractivity contribution < 1.29 is 41.0 Å². The number of carbonyl (C=O) groups is 1. The Hall–Kier alpha value is -3.60. The minimum atomic E-state index is -4.20. The Kier molecular flexibility index (Phi) is 14.1. The molecule has 1 aliphatic heterocycles. The molecule has 1 aliphatic rings. The van der Waals surface area contributed by atoms with Crippen LogP contribution >= 0.6 is 19.4 Å². The molecule has 294 valence electrons. The standard InChI is InChI=1S/C36H47ClN5O10PS/c1-5-7-15-50-53(46,51-16-8-6-2)52-17-13-38-54(47,48)28-10-11-29-30(21-28)33(42(44)45)22-34-35(29)26(23-37)24-41(34)36(43)32-20-25-19-27(9-12-31(25)39-32)49-18-14-40(3)4/h9-12,19-22,26,38-39H,5-8,13-18,23-24H2,1-4H3. The molecular weight excluding hydrogens is 761 g/mol. The average molecular weight is 808 g/mol. The molecule has 1 aromatic heterocycles. The van der Waals surface area contributed by atoms with Gasteiger partial charge >= 0.3 is 7.82 Å². The maximum absolute atomic E-state index is 14.0. The van der Waals surface area contributed by atoms with Crippen molar-refractivity contribution in [3.8, 4) is 5.75 Å². The smallest absolute Gasteiger partial charge is 0.474 e. The highest BCUT2D eigenvalue weighted by Crippen LogP contribution is 2.50. The number of rotatable bonds is 21. The normalized spacial score (nSPS) is 14.7. The molecule has 54 heavy (non-hydrogen) atoms. The van der Waals surface area contributed by atoms with Crippen molar-refractivity contribution in [2.24, 2.45) is 0 Å². The number of aromatic nitrogens is 1. The van der Waals surface area contributed by atoms with Gasteiger partial charge in [0.15, 0.2) is 0 Å². The predicted molar refractivity (Wildman–Crippen MR) is 209 cm³/mol. The summed E-state index contributed by atoms with van der Waals surface area (Å²) in [7, 11) is -4.20. The molecule has 0 fully saturated rings. The Morgan fingerprint density at radius 2 is 1.72 bits per heavy atom. The maximum atomic E-state index is 14.0. The number of phosphoric acid groups is 1. The fourth-order valence-corrected chi connectivity index (χ4v) is 8.60. The number of sulfonamides is 1. The zero-order chi connectivity index (χ0) is 39.0. The van der Waals surface area contributed by atoms with Crippen molar-refractivity contribution in [3.05, 3.63) is 69.9 Å². The summed E-state index contributed by atoms with van der Waals surface area (Å²) in [4.78, 5) is 32.3. The number of phosphoric ester groups is 1. The number of aromatic amines is 1. The van der Waals surface area contributed by atoms with Gasteiger partial charge in [-0.15, -0.1) is 11.6 Å². The number of non-ortho nitro benzene ring substituents is 1. The molecular formula is C36H47ClN5O10PS. The molecule has 15 nitrogen and oxygen atoms in total. The molecule has 0 spiro atoms. The number of ether oxygens (including phenoxy) is 1. The molecule has 1 amide bonds. The number of nitrogens with zero attached hydrogens (tertiary/aromatic N) is 3. The van der Waals surface area contributed by atoms with Crippen LogP contribution in [0.3, 0.4) is 0 Å². The lowest BCUT2D eigenvalue weighted by Gasteiger charge is -2.18. The number of hydrogen-bond donors (Lipinski definition) is 2. The molecule has 2 heterocycles. The van der Waals surface area contributed by atoms with Crippen LogP contribution in [0.4, 0.5) is 11.4 Å². The number of anilines is 1. The third-order valence-corrected chi connectivity index (χ3v) is 12.2. The Morgan fingerprint density at radius 1 is 1.02 bits per heavy atom. The van der Waals surface area contributed by atoms with Gasteiger partial charge in [0.25, 0.3) is 11.6 Å². The van der Waals surface area contributed by atoms with Crippen LogP contribution in [0, 0.1) is 10.1 Å². The summed E-state index contributed by atoms with van der Waals surface area (Å²) in [5.41, 5.74) is 1.57. The number of likely N-dealkylation sites (N-methyl/N-ethyl adjacent to an activating group) is 1. The number of nitro groups is 1. The van der Waals surface area contributed by atoms with Gasteiger partial charge in [-0.05, 0) is 74.3 Å². The van der Waals surface area contributed by atoms with Crippen LogP contribution in [0.25, 0.3) is 21.7 Å². The van der Waals surface area contributed by atoms with E-state index in [0.717, 1.165) is 30.3 Å². The topological polar surface area (TPSA) is 183 Å². The highest BCUT2D eigenvalue weighted by Gasteiger charge is 2.37. The van der Waals surface area contributed by atoms with Gasteiger partial charge in [-0.3, -0.25) is 28.5 Å². The molecule has 5 rings (SSSR count). The van der Waals surface area contributed by atoms with Gasteiger partial charge in [-0.25, -0.2) is 17.7 Å². The zero-order valence-electron chi connectivity index (χ0n) is 30.8. The summed E-state index contributed by atoms with van der Waals surface area (Å²) in [5.74, 6) is -0.0125. The summed E-state index contributed by atoms with van der Waals surface area (Å²) >= 11 is 6.42. The van der Waals surface area contributed by atoms with E-state index in [4.69, 9.17) is 29.9 Å². The number of H-pyrrole nitrogens is 1. The number of carbonyl (C=O) groups excluding carboxylic acids is 1. The van der Waals surface area contributed by atoms with Crippen LogP contribution in [0.2, 0.25) is 0 Å². The number of benzene rings is 3. The summed E-state index contributed by atoms with van der Waals surface area (Å²) in [6, 6.07) is 12.6. The molecule has 1 atom stereocenters. The molecule has 1 unspecified atom stereocenters. The number of nitro benzene ring substituents is 1. The summed E-state index contributed by atoms with van der Waals surface area (Å²) < 4.78 is 64.2. The van der Waals surface area contributed by atoms with E-state index in [2.05, 4.69) is 9.71 Å². The van der Waals surface area contributed by atoms with E-state index < -0.39 is 28.7 Å². The van der Waals surface area contributed by atoms with E-state index in [1.807, 2.05) is 51.0 Å².